The Morgan fingerprint density at radius 2 is 2.00 bits per heavy atom. The number of furan rings is 1. The molecular formula is C14H15FN2O4. The van der Waals surface area contributed by atoms with Gasteiger partial charge in [0.05, 0.1) is 32.7 Å². The number of hydrogen-bond donors (Lipinski definition) is 2. The Hall–Kier alpha value is -2.70. The molecule has 1 aromatic carbocycles. The van der Waals surface area contributed by atoms with Crippen molar-refractivity contribution in [1.82, 2.24) is 5.32 Å². The molecule has 0 saturated heterocycles. The Kier molecular flexibility index (Phi) is 4.65. The fourth-order valence-electron chi connectivity index (χ4n) is 1.70. The van der Waals surface area contributed by atoms with Crippen molar-refractivity contribution >= 4 is 11.7 Å². The summed E-state index contributed by atoms with van der Waals surface area (Å²) < 4.78 is 28.9. The zero-order valence-corrected chi connectivity index (χ0v) is 11.6. The van der Waals surface area contributed by atoms with E-state index in [-0.39, 0.29) is 18.0 Å². The maximum absolute atomic E-state index is 13.8. The molecule has 0 aliphatic heterocycles. The highest BCUT2D eigenvalue weighted by molar-refractivity contribution is 5.89. The van der Waals surface area contributed by atoms with Gasteiger partial charge in [-0.05, 0) is 12.1 Å². The minimum atomic E-state index is -0.624. The molecule has 0 aliphatic rings. The highest BCUT2D eigenvalue weighted by atomic mass is 19.1. The van der Waals surface area contributed by atoms with Crippen LogP contribution in [-0.4, -0.2) is 20.3 Å². The van der Waals surface area contributed by atoms with Crippen LogP contribution in [0.5, 0.6) is 11.5 Å². The van der Waals surface area contributed by atoms with Gasteiger partial charge in [0, 0.05) is 12.1 Å². The number of carbonyl (C=O) groups excluding carboxylic acids is 1. The summed E-state index contributed by atoms with van der Waals surface area (Å²) in [4.78, 5) is 11.7. The van der Waals surface area contributed by atoms with Crippen LogP contribution in [0.4, 0.5) is 14.9 Å². The quantitative estimate of drug-likeness (QED) is 0.889. The predicted octanol–water partition coefficient (Wildman–Crippen LogP) is 2.76. The largest absolute Gasteiger partial charge is 0.493 e. The predicted molar refractivity (Wildman–Crippen MR) is 74.1 cm³/mol. The molecule has 112 valence electrons. The molecule has 0 fully saturated rings. The molecule has 2 amide bonds. The van der Waals surface area contributed by atoms with Gasteiger partial charge in [0.25, 0.3) is 0 Å². The number of urea groups is 1. The van der Waals surface area contributed by atoms with E-state index in [0.717, 1.165) is 6.07 Å². The number of amides is 2. The van der Waals surface area contributed by atoms with E-state index in [2.05, 4.69) is 10.6 Å². The third-order valence-corrected chi connectivity index (χ3v) is 2.72. The van der Waals surface area contributed by atoms with E-state index in [1.807, 2.05) is 0 Å². The van der Waals surface area contributed by atoms with Crippen molar-refractivity contribution in [2.45, 2.75) is 6.54 Å². The Morgan fingerprint density at radius 1 is 1.29 bits per heavy atom. The number of carbonyl (C=O) groups is 1. The summed E-state index contributed by atoms with van der Waals surface area (Å²) in [6.45, 7) is 0.202. The number of ether oxygens (including phenoxy) is 2. The van der Waals surface area contributed by atoms with Crippen LogP contribution in [0.1, 0.15) is 5.76 Å². The van der Waals surface area contributed by atoms with Gasteiger partial charge in [0.2, 0.25) is 0 Å². The molecule has 1 aromatic heterocycles. The molecule has 7 heteroatoms. The fourth-order valence-corrected chi connectivity index (χ4v) is 1.70. The van der Waals surface area contributed by atoms with Gasteiger partial charge in [-0.25, -0.2) is 9.18 Å². The topological polar surface area (TPSA) is 72.7 Å². The van der Waals surface area contributed by atoms with Crippen LogP contribution in [0.2, 0.25) is 0 Å². The number of halogens is 1. The minimum Gasteiger partial charge on any atom is -0.493 e. The van der Waals surface area contributed by atoms with E-state index in [1.54, 1.807) is 12.1 Å². The number of hydrogen-bond acceptors (Lipinski definition) is 4. The third-order valence-electron chi connectivity index (χ3n) is 2.72. The van der Waals surface area contributed by atoms with E-state index in [0.29, 0.717) is 11.5 Å². The van der Waals surface area contributed by atoms with Crippen molar-refractivity contribution < 1.29 is 23.1 Å². The zero-order chi connectivity index (χ0) is 15.2. The van der Waals surface area contributed by atoms with Crippen molar-refractivity contribution in [1.29, 1.82) is 0 Å². The van der Waals surface area contributed by atoms with Gasteiger partial charge >= 0.3 is 6.03 Å². The molecule has 6 nitrogen and oxygen atoms in total. The third kappa shape index (κ3) is 3.65. The Bertz CT molecular complexity index is 614. The van der Waals surface area contributed by atoms with Crippen molar-refractivity contribution in [3.8, 4) is 11.5 Å². The van der Waals surface area contributed by atoms with Crippen molar-refractivity contribution in [2.75, 3.05) is 19.5 Å². The SMILES string of the molecule is COc1cc(F)c(NC(=O)NCc2ccco2)cc1OC. The summed E-state index contributed by atoms with van der Waals surface area (Å²) >= 11 is 0. The lowest BCUT2D eigenvalue weighted by Gasteiger charge is -2.12. The second kappa shape index (κ2) is 6.65. The van der Waals surface area contributed by atoms with Crippen LogP contribution >= 0.6 is 0 Å². The van der Waals surface area contributed by atoms with Crippen LogP contribution in [0.15, 0.2) is 34.9 Å². The maximum Gasteiger partial charge on any atom is 0.319 e. The zero-order valence-electron chi connectivity index (χ0n) is 11.6. The lowest BCUT2D eigenvalue weighted by atomic mass is 10.2. The number of benzene rings is 1. The first-order chi connectivity index (χ1) is 10.1. The summed E-state index contributed by atoms with van der Waals surface area (Å²) in [5.41, 5.74) is -0.00963. The molecule has 21 heavy (non-hydrogen) atoms. The number of anilines is 1. The van der Waals surface area contributed by atoms with E-state index < -0.39 is 11.8 Å². The monoisotopic (exact) mass is 294 g/mol. The molecule has 2 rings (SSSR count). The molecule has 0 unspecified atom stereocenters. The average molecular weight is 294 g/mol. The van der Waals surface area contributed by atoms with Crippen molar-refractivity contribution in [2.24, 2.45) is 0 Å². The van der Waals surface area contributed by atoms with Gasteiger partial charge in [-0.1, -0.05) is 0 Å². The molecule has 0 atom stereocenters. The van der Waals surface area contributed by atoms with Gasteiger partial charge in [-0.2, -0.15) is 0 Å². The lowest BCUT2D eigenvalue weighted by molar-refractivity contribution is 0.250. The fraction of sp³-hybridized carbons (Fsp3) is 0.214. The molecular weight excluding hydrogens is 279 g/mol. The smallest absolute Gasteiger partial charge is 0.319 e. The van der Waals surface area contributed by atoms with Gasteiger partial charge in [0.15, 0.2) is 17.3 Å². The summed E-state index contributed by atoms with van der Waals surface area (Å²) in [6, 6.07) is 5.36. The first-order valence-electron chi connectivity index (χ1n) is 6.12. The minimum absolute atomic E-state index is 0.00963. The van der Waals surface area contributed by atoms with E-state index in [1.165, 1.54) is 26.5 Å². The van der Waals surface area contributed by atoms with Crippen LogP contribution < -0.4 is 20.1 Å². The highest BCUT2D eigenvalue weighted by Crippen LogP contribution is 2.32. The van der Waals surface area contributed by atoms with E-state index in [9.17, 15) is 9.18 Å². The van der Waals surface area contributed by atoms with E-state index in [4.69, 9.17) is 13.9 Å². The van der Waals surface area contributed by atoms with Gasteiger partial charge in [-0.15, -0.1) is 0 Å². The maximum atomic E-state index is 13.8. The highest BCUT2D eigenvalue weighted by Gasteiger charge is 2.13. The first-order valence-corrected chi connectivity index (χ1v) is 6.12. The van der Waals surface area contributed by atoms with E-state index >= 15 is 0 Å². The molecule has 0 saturated carbocycles. The van der Waals surface area contributed by atoms with Crippen molar-refractivity contribution in [3.05, 3.63) is 42.1 Å². The molecule has 2 N–H and O–H groups in total. The van der Waals surface area contributed by atoms with Crippen LogP contribution in [0.25, 0.3) is 0 Å². The molecule has 0 radical (unpaired) electrons. The molecule has 0 bridgehead atoms. The van der Waals surface area contributed by atoms with Crippen LogP contribution in [0, 0.1) is 5.82 Å². The second-order valence-electron chi connectivity index (χ2n) is 4.07. The summed E-state index contributed by atoms with van der Waals surface area (Å²) in [7, 11) is 2.83. The molecule has 1 heterocycles. The second-order valence-corrected chi connectivity index (χ2v) is 4.07. The molecule has 2 aromatic rings. The Morgan fingerprint density at radius 3 is 2.62 bits per heavy atom. The van der Waals surface area contributed by atoms with Crippen LogP contribution in [0.3, 0.4) is 0 Å². The lowest BCUT2D eigenvalue weighted by Crippen LogP contribution is -2.28. The normalized spacial score (nSPS) is 10.0. The summed E-state index contributed by atoms with van der Waals surface area (Å²) in [5.74, 6) is 0.538. The number of methoxy groups -OCH3 is 2. The Balaban J connectivity index is 2.03. The van der Waals surface area contributed by atoms with Crippen molar-refractivity contribution in [3.63, 3.8) is 0 Å². The van der Waals surface area contributed by atoms with Gasteiger partial charge < -0.3 is 24.5 Å². The van der Waals surface area contributed by atoms with Gasteiger partial charge in [0.1, 0.15) is 5.76 Å². The number of rotatable bonds is 5. The summed E-state index contributed by atoms with van der Waals surface area (Å²) in [5, 5.41) is 4.94. The number of nitrogens with one attached hydrogen (secondary N) is 2. The first kappa shape index (κ1) is 14.7. The average Bonchev–Trinajstić information content (AvgIpc) is 3.00. The van der Waals surface area contributed by atoms with Crippen LogP contribution in [-0.2, 0) is 6.54 Å². The van der Waals surface area contributed by atoms with Gasteiger partial charge in [-0.3, -0.25) is 0 Å². The molecule has 0 aliphatic carbocycles. The molecule has 0 spiro atoms. The summed E-state index contributed by atoms with van der Waals surface area (Å²) in [6.07, 6.45) is 1.50. The Labute approximate surface area is 120 Å². The standard InChI is InChI=1S/C14H15FN2O4/c1-19-12-6-10(15)11(7-13(12)20-2)17-14(18)16-8-9-4-3-5-21-9/h3-7H,8H2,1-2H3,(H2,16,17,18).